The number of ketones is 1. The van der Waals surface area contributed by atoms with E-state index in [2.05, 4.69) is 0 Å². The van der Waals surface area contributed by atoms with E-state index in [0.29, 0.717) is 12.2 Å². The first kappa shape index (κ1) is 21.6. The van der Waals surface area contributed by atoms with Gasteiger partial charge in [-0.1, -0.05) is 31.2 Å². The highest BCUT2D eigenvalue weighted by molar-refractivity contribution is 6.08. The van der Waals surface area contributed by atoms with Crippen molar-refractivity contribution in [2.75, 3.05) is 6.54 Å². The lowest BCUT2D eigenvalue weighted by molar-refractivity contribution is -0.129. The number of rotatable bonds is 8. The lowest BCUT2D eigenvalue weighted by Gasteiger charge is -2.27. The minimum atomic E-state index is -0.668. The third-order valence-electron chi connectivity index (χ3n) is 5.05. The number of carbonyl (C=O) groups excluding carboxylic acids is 2. The Kier molecular flexibility index (Phi) is 6.55. The van der Waals surface area contributed by atoms with Crippen molar-refractivity contribution >= 4 is 11.7 Å². The summed E-state index contributed by atoms with van der Waals surface area (Å²) in [5.74, 6) is -0.965. The quantitative estimate of drug-likeness (QED) is 0.693. The number of aliphatic hydroxyl groups is 1. The average Bonchev–Trinajstić information content (AvgIpc) is 2.98. The van der Waals surface area contributed by atoms with Crippen LogP contribution in [0.4, 0.5) is 4.39 Å². The van der Waals surface area contributed by atoms with Crippen LogP contribution < -0.4 is 4.74 Å². The van der Waals surface area contributed by atoms with Gasteiger partial charge in [-0.25, -0.2) is 4.39 Å². The molecule has 0 spiro atoms. The number of hydrogen-bond acceptors (Lipinski definition) is 4. The smallest absolute Gasteiger partial charge is 0.290 e. The minimum absolute atomic E-state index is 0.0253. The van der Waals surface area contributed by atoms with Crippen molar-refractivity contribution < 1.29 is 23.8 Å². The third-order valence-corrected chi connectivity index (χ3v) is 5.05. The van der Waals surface area contributed by atoms with Crippen molar-refractivity contribution in [2.45, 2.75) is 45.8 Å². The Morgan fingerprint density at radius 2 is 1.77 bits per heavy atom. The van der Waals surface area contributed by atoms with Gasteiger partial charge >= 0.3 is 0 Å². The van der Waals surface area contributed by atoms with Crippen molar-refractivity contribution in [3.63, 3.8) is 0 Å². The van der Waals surface area contributed by atoms with Gasteiger partial charge in [-0.3, -0.25) is 9.59 Å². The topological polar surface area (TPSA) is 66.8 Å². The van der Waals surface area contributed by atoms with Gasteiger partial charge in [0.15, 0.2) is 11.5 Å². The molecule has 0 radical (unpaired) electrons. The first-order valence-electron chi connectivity index (χ1n) is 10.1. The van der Waals surface area contributed by atoms with Crippen molar-refractivity contribution in [3.8, 4) is 5.75 Å². The van der Waals surface area contributed by atoms with Gasteiger partial charge in [0, 0.05) is 13.0 Å². The molecule has 5 nitrogen and oxygen atoms in total. The number of halogens is 1. The van der Waals surface area contributed by atoms with E-state index in [1.807, 2.05) is 26.0 Å². The molecule has 1 amide bonds. The van der Waals surface area contributed by atoms with Crippen LogP contribution in [0.5, 0.6) is 5.75 Å². The number of ether oxygens (including phenoxy) is 1. The molecule has 0 bridgehead atoms. The highest BCUT2D eigenvalue weighted by Crippen LogP contribution is 2.38. The molecule has 1 aliphatic rings. The summed E-state index contributed by atoms with van der Waals surface area (Å²) in [7, 11) is 0. The highest BCUT2D eigenvalue weighted by Gasteiger charge is 2.42. The molecule has 2 aromatic carbocycles. The summed E-state index contributed by atoms with van der Waals surface area (Å²) in [5, 5.41) is 10.5. The maximum absolute atomic E-state index is 13.2. The van der Waals surface area contributed by atoms with E-state index in [1.54, 1.807) is 31.2 Å². The second kappa shape index (κ2) is 9.11. The molecule has 30 heavy (non-hydrogen) atoms. The van der Waals surface area contributed by atoms with Gasteiger partial charge < -0.3 is 14.7 Å². The molecule has 0 saturated carbocycles. The highest BCUT2D eigenvalue weighted by atomic mass is 19.1. The maximum atomic E-state index is 13.2. The zero-order valence-electron chi connectivity index (χ0n) is 17.4. The van der Waals surface area contributed by atoms with Crippen LogP contribution in [-0.2, 0) is 16.0 Å². The summed E-state index contributed by atoms with van der Waals surface area (Å²) in [6.07, 6.45) is 0.679. The Hall–Kier alpha value is -3.15. The Bertz CT molecular complexity index is 948. The molecule has 1 aliphatic heterocycles. The van der Waals surface area contributed by atoms with Gasteiger partial charge in [0.25, 0.3) is 5.91 Å². The normalized spacial score (nSPS) is 16.5. The van der Waals surface area contributed by atoms with Gasteiger partial charge in [0.2, 0.25) is 0 Å². The molecule has 1 atom stereocenters. The number of nitrogens with zero attached hydrogens (tertiary/aromatic N) is 1. The SMILES string of the molecule is CCC(=O)C1=C(O)C(=O)N(CCc2ccc(F)cc2)C1c1ccc(OC(C)C)cc1. The summed E-state index contributed by atoms with van der Waals surface area (Å²) in [4.78, 5) is 26.8. The van der Waals surface area contributed by atoms with Crippen LogP contribution in [0, 0.1) is 5.82 Å². The monoisotopic (exact) mass is 411 g/mol. The molecule has 6 heteroatoms. The average molecular weight is 411 g/mol. The van der Waals surface area contributed by atoms with Crippen molar-refractivity contribution in [2.24, 2.45) is 0 Å². The predicted molar refractivity (Wildman–Crippen MR) is 112 cm³/mol. The largest absolute Gasteiger partial charge is 0.503 e. The Morgan fingerprint density at radius 1 is 1.13 bits per heavy atom. The number of aliphatic hydroxyl groups excluding tert-OH is 1. The van der Waals surface area contributed by atoms with Gasteiger partial charge in [-0.2, -0.15) is 0 Å². The first-order chi connectivity index (χ1) is 14.3. The van der Waals surface area contributed by atoms with Gasteiger partial charge in [-0.05, 0) is 55.7 Å². The summed E-state index contributed by atoms with van der Waals surface area (Å²) in [5.41, 5.74) is 1.71. The van der Waals surface area contributed by atoms with Crippen molar-refractivity contribution in [1.82, 2.24) is 4.90 Å². The molecule has 0 aromatic heterocycles. The van der Waals surface area contributed by atoms with Crippen LogP contribution in [0.15, 0.2) is 59.9 Å². The van der Waals surface area contributed by atoms with Crippen LogP contribution >= 0.6 is 0 Å². The molecule has 1 unspecified atom stereocenters. The van der Waals surface area contributed by atoms with E-state index in [-0.39, 0.29) is 36.2 Å². The summed E-state index contributed by atoms with van der Waals surface area (Å²) >= 11 is 0. The summed E-state index contributed by atoms with van der Waals surface area (Å²) < 4.78 is 18.8. The summed E-state index contributed by atoms with van der Waals surface area (Å²) in [6.45, 7) is 5.84. The molecule has 0 saturated heterocycles. The first-order valence-corrected chi connectivity index (χ1v) is 10.1. The van der Waals surface area contributed by atoms with Crippen molar-refractivity contribution in [1.29, 1.82) is 0 Å². The molecule has 0 fully saturated rings. The zero-order chi connectivity index (χ0) is 21.8. The van der Waals surface area contributed by atoms with Gasteiger partial charge in [0.1, 0.15) is 11.6 Å². The second-order valence-corrected chi connectivity index (χ2v) is 7.55. The zero-order valence-corrected chi connectivity index (χ0v) is 17.4. The van der Waals surface area contributed by atoms with Gasteiger partial charge in [-0.15, -0.1) is 0 Å². The predicted octanol–water partition coefficient (Wildman–Crippen LogP) is 4.53. The van der Waals surface area contributed by atoms with Crippen molar-refractivity contribution in [3.05, 3.63) is 76.8 Å². The summed E-state index contributed by atoms with van der Waals surface area (Å²) in [6, 6.07) is 12.6. The van der Waals surface area contributed by atoms with E-state index in [0.717, 1.165) is 11.1 Å². The molecule has 158 valence electrons. The lowest BCUT2D eigenvalue weighted by Crippen LogP contribution is -2.33. The van der Waals surface area contributed by atoms with E-state index < -0.39 is 17.7 Å². The second-order valence-electron chi connectivity index (χ2n) is 7.55. The fourth-order valence-corrected chi connectivity index (χ4v) is 3.61. The third kappa shape index (κ3) is 4.53. The van der Waals surface area contributed by atoms with Crippen LogP contribution in [0.25, 0.3) is 0 Å². The Labute approximate surface area is 175 Å². The molecule has 1 heterocycles. The van der Waals surface area contributed by atoms with Crippen LogP contribution in [-0.4, -0.2) is 34.3 Å². The number of hydrogen-bond donors (Lipinski definition) is 1. The van der Waals surface area contributed by atoms with E-state index in [1.165, 1.54) is 17.0 Å². The minimum Gasteiger partial charge on any atom is -0.503 e. The van der Waals surface area contributed by atoms with E-state index in [4.69, 9.17) is 4.74 Å². The number of amides is 1. The molecule has 3 rings (SSSR count). The molecular formula is C24H26FNO4. The Morgan fingerprint density at radius 3 is 2.33 bits per heavy atom. The molecule has 1 N–H and O–H groups in total. The fourth-order valence-electron chi connectivity index (χ4n) is 3.61. The molecular weight excluding hydrogens is 385 g/mol. The lowest BCUT2D eigenvalue weighted by atomic mass is 9.95. The van der Waals surface area contributed by atoms with Gasteiger partial charge in [0.05, 0.1) is 17.7 Å². The molecule has 0 aliphatic carbocycles. The maximum Gasteiger partial charge on any atom is 0.290 e. The standard InChI is InChI=1S/C24H26FNO4/c1-4-20(27)21-22(17-7-11-19(12-8-17)30-15(2)3)26(24(29)23(21)28)14-13-16-5-9-18(25)10-6-16/h5-12,15,22,28H,4,13-14H2,1-3H3. The fraction of sp³-hybridized carbons (Fsp3) is 0.333. The Balaban J connectivity index is 1.91. The van der Waals surface area contributed by atoms with Crippen LogP contribution in [0.2, 0.25) is 0 Å². The number of Topliss-reactive ketones (excluding diaryl/α,β-unsaturated/α-hetero) is 1. The molecule has 2 aromatic rings. The van der Waals surface area contributed by atoms with Crippen LogP contribution in [0.3, 0.4) is 0 Å². The van der Waals surface area contributed by atoms with E-state index in [9.17, 15) is 19.1 Å². The number of benzene rings is 2. The van der Waals surface area contributed by atoms with Crippen LogP contribution in [0.1, 0.15) is 44.4 Å². The number of carbonyl (C=O) groups is 2. The van der Waals surface area contributed by atoms with E-state index >= 15 is 0 Å².